The molecule has 3 N–H and O–H groups in total. The molecule has 2 unspecified atom stereocenters. The van der Waals surface area contributed by atoms with Gasteiger partial charge >= 0.3 is 0 Å². The van der Waals surface area contributed by atoms with E-state index < -0.39 is 40.1 Å². The average molecular weight is 550 g/mol. The van der Waals surface area contributed by atoms with Gasteiger partial charge in [-0.2, -0.15) is 0 Å². The standard InChI is InChI=1S/C24H45N3P2Si4/c1-29(24-18-14-11-15-19-24)22-32(6,7)26-30(2,3)20-28(23-16-12-10-13-17-23)21-31(4,5)27-33(8,9)25-29/h10-19,22,25-27H,20-21H2,1-9H3. The first kappa shape index (κ1) is 27.5. The summed E-state index contributed by atoms with van der Waals surface area (Å²) in [6.45, 7) is 22.8. The molecule has 3 nitrogen and oxygen atoms in total. The quantitative estimate of drug-likeness (QED) is 0.356. The molecule has 1 heterocycles. The Labute approximate surface area is 208 Å². The lowest BCUT2D eigenvalue weighted by Crippen LogP contribution is -2.69. The zero-order valence-corrected chi connectivity index (χ0v) is 27.9. The first-order valence-corrected chi connectivity index (χ1v) is 28.6. The van der Waals surface area contributed by atoms with Crippen molar-refractivity contribution >= 4 is 64.1 Å². The van der Waals surface area contributed by atoms with E-state index in [-0.39, 0.29) is 7.92 Å². The van der Waals surface area contributed by atoms with Gasteiger partial charge in [0.2, 0.25) is 0 Å². The molecule has 0 bridgehead atoms. The van der Waals surface area contributed by atoms with Crippen molar-refractivity contribution in [2.24, 2.45) is 0 Å². The maximum Gasteiger partial charge on any atom is 0.192 e. The Bertz CT molecular complexity index is 995. The molecule has 1 aliphatic rings. The first-order valence-electron chi connectivity index (χ1n) is 12.1. The molecule has 2 aromatic carbocycles. The van der Waals surface area contributed by atoms with Gasteiger partial charge in [-0.05, 0) is 49.0 Å². The van der Waals surface area contributed by atoms with Crippen LogP contribution >= 0.6 is 15.0 Å². The van der Waals surface area contributed by atoms with Crippen molar-refractivity contribution in [3.63, 3.8) is 0 Å². The lowest BCUT2D eigenvalue weighted by molar-refractivity contribution is 1.22. The summed E-state index contributed by atoms with van der Waals surface area (Å²) in [6, 6.07) is 22.7. The van der Waals surface area contributed by atoms with Crippen molar-refractivity contribution in [3.05, 3.63) is 60.7 Å². The zero-order valence-electron chi connectivity index (χ0n) is 22.2. The van der Waals surface area contributed by atoms with E-state index in [1.54, 1.807) is 5.30 Å². The molecule has 2 aromatic rings. The van der Waals surface area contributed by atoms with Crippen molar-refractivity contribution in [2.45, 2.75) is 52.4 Å². The van der Waals surface area contributed by atoms with Gasteiger partial charge in [0.15, 0.2) is 8.40 Å². The van der Waals surface area contributed by atoms with Gasteiger partial charge in [0.1, 0.15) is 24.7 Å². The molecule has 0 saturated carbocycles. The lowest BCUT2D eigenvalue weighted by atomic mass is 10.4. The van der Waals surface area contributed by atoms with Crippen LogP contribution in [-0.4, -0.2) is 56.8 Å². The van der Waals surface area contributed by atoms with Crippen molar-refractivity contribution in [2.75, 3.05) is 18.2 Å². The zero-order chi connectivity index (χ0) is 24.5. The van der Waals surface area contributed by atoms with Gasteiger partial charge in [-0.25, -0.2) is 0 Å². The molecule has 3 rings (SSSR count). The fourth-order valence-electron chi connectivity index (χ4n) is 5.82. The van der Waals surface area contributed by atoms with Crippen LogP contribution in [0.5, 0.6) is 0 Å². The van der Waals surface area contributed by atoms with Crippen molar-refractivity contribution in [1.82, 2.24) is 14.0 Å². The van der Waals surface area contributed by atoms with Crippen LogP contribution in [0.4, 0.5) is 0 Å². The third-order valence-corrected chi connectivity index (χ3v) is 37.0. The monoisotopic (exact) mass is 549 g/mol. The fourth-order valence-corrected chi connectivity index (χ4v) is 46.9. The van der Waals surface area contributed by atoms with Gasteiger partial charge < -0.3 is 14.0 Å². The third kappa shape index (κ3) is 7.96. The highest BCUT2D eigenvalue weighted by molar-refractivity contribution is 7.84. The molecular weight excluding hydrogens is 505 g/mol. The van der Waals surface area contributed by atoms with Gasteiger partial charge in [-0.15, -0.1) is 0 Å². The smallest absolute Gasteiger partial charge is 0.192 e. The van der Waals surface area contributed by atoms with Crippen LogP contribution in [0.15, 0.2) is 60.7 Å². The van der Waals surface area contributed by atoms with E-state index in [4.69, 9.17) is 0 Å². The third-order valence-electron chi connectivity index (χ3n) is 5.99. The van der Waals surface area contributed by atoms with Crippen LogP contribution in [0.3, 0.4) is 0 Å². The number of nitrogens with one attached hydrogen (secondary N) is 3. The maximum atomic E-state index is 4.37. The van der Waals surface area contributed by atoms with Gasteiger partial charge in [0.05, 0.1) is 0 Å². The van der Waals surface area contributed by atoms with Gasteiger partial charge in [-0.3, -0.25) is 0 Å². The Hall–Kier alpha value is -0.0825. The molecule has 0 saturated heterocycles. The summed E-state index contributed by atoms with van der Waals surface area (Å²) in [5.41, 5.74) is 2.79. The summed E-state index contributed by atoms with van der Waals surface area (Å²) in [4.78, 5) is 0. The van der Waals surface area contributed by atoms with Crippen LogP contribution in [0, 0.1) is 0 Å². The fraction of sp³-hybridized carbons (Fsp3) is 0.458. The van der Waals surface area contributed by atoms with E-state index >= 15 is 0 Å². The molecule has 0 aromatic heterocycles. The molecule has 1 aliphatic heterocycles. The van der Waals surface area contributed by atoms with Crippen molar-refractivity contribution < 1.29 is 0 Å². The first-order chi connectivity index (χ1) is 15.1. The summed E-state index contributed by atoms with van der Waals surface area (Å²) in [5.74, 6) is 2.72. The van der Waals surface area contributed by atoms with Crippen molar-refractivity contribution in [1.29, 1.82) is 0 Å². The molecule has 9 heteroatoms. The molecule has 0 spiro atoms. The molecule has 0 fully saturated rings. The summed E-state index contributed by atoms with van der Waals surface area (Å²) >= 11 is 0. The molecule has 0 radical (unpaired) electrons. The van der Waals surface area contributed by atoms with Crippen LogP contribution in [0.1, 0.15) is 0 Å². The van der Waals surface area contributed by atoms with Gasteiger partial charge in [0.25, 0.3) is 0 Å². The molecule has 2 atom stereocenters. The van der Waals surface area contributed by atoms with E-state index in [1.807, 2.05) is 0 Å². The Balaban J connectivity index is 2.12. The largest absolute Gasteiger partial charge is 0.356 e. The molecule has 0 amide bonds. The second-order valence-corrected chi connectivity index (χ2v) is 37.2. The highest BCUT2D eigenvalue weighted by atomic mass is 31.2. The van der Waals surface area contributed by atoms with E-state index in [2.05, 4.69) is 139 Å². The number of rotatable bonds is 2. The minimum Gasteiger partial charge on any atom is -0.356 e. The Morgan fingerprint density at radius 1 is 0.697 bits per heavy atom. The van der Waals surface area contributed by atoms with Crippen LogP contribution in [0.2, 0.25) is 52.4 Å². The Morgan fingerprint density at radius 2 is 1.18 bits per heavy atom. The lowest BCUT2D eigenvalue weighted by Gasteiger charge is -2.44. The number of benzene rings is 2. The number of hydrogen-bond donors (Lipinski definition) is 3. The summed E-state index contributed by atoms with van der Waals surface area (Å²) in [7, 11) is -8.64. The topological polar surface area (TPSA) is 36.1 Å². The maximum absolute atomic E-state index is 4.37. The minimum absolute atomic E-state index is 0.176. The Morgan fingerprint density at radius 3 is 1.73 bits per heavy atom. The number of hydrogen-bond acceptors (Lipinski definition) is 3. The van der Waals surface area contributed by atoms with E-state index in [0.717, 1.165) is 0 Å². The molecule has 0 aliphatic carbocycles. The van der Waals surface area contributed by atoms with Crippen molar-refractivity contribution in [3.8, 4) is 0 Å². The second-order valence-electron chi connectivity index (χ2n) is 12.2. The van der Waals surface area contributed by atoms with Crippen LogP contribution < -0.4 is 24.7 Å². The second kappa shape index (κ2) is 10.1. The summed E-state index contributed by atoms with van der Waals surface area (Å²) in [5, 5.41) is 3.07. The van der Waals surface area contributed by atoms with Gasteiger partial charge in [0, 0.05) is 0 Å². The highest BCUT2D eigenvalue weighted by Crippen LogP contribution is 2.42. The SMILES string of the molecule is C[Si]1(C)C=P(C)(c2ccccc2)N[Si](C)(C)N[Si](C)(C)CP(c2ccccc2)C[Si](C)(C)N1. The Kier molecular flexibility index (Phi) is 8.43. The van der Waals surface area contributed by atoms with E-state index in [9.17, 15) is 0 Å². The summed E-state index contributed by atoms with van der Waals surface area (Å²) < 4.78 is 13.0. The molecule has 33 heavy (non-hydrogen) atoms. The van der Waals surface area contributed by atoms with Gasteiger partial charge in [-0.1, -0.05) is 113 Å². The van der Waals surface area contributed by atoms with Crippen LogP contribution in [-0.2, 0) is 0 Å². The average Bonchev–Trinajstić information content (AvgIpc) is 2.64. The molecular formula is C24H45N3P2Si4. The predicted molar refractivity (Wildman–Crippen MR) is 167 cm³/mol. The van der Waals surface area contributed by atoms with E-state index in [1.165, 1.54) is 16.9 Å². The summed E-state index contributed by atoms with van der Waals surface area (Å²) in [6.07, 6.45) is 0. The minimum atomic E-state index is -1.85. The normalized spacial score (nSPS) is 29.2. The van der Waals surface area contributed by atoms with E-state index in [0.29, 0.717) is 0 Å². The predicted octanol–water partition coefficient (Wildman–Crippen LogP) is 5.20. The highest BCUT2D eigenvalue weighted by Gasteiger charge is 2.41. The van der Waals surface area contributed by atoms with Crippen LogP contribution in [0.25, 0.3) is 0 Å². The molecule has 182 valence electrons.